The molecule has 1 aromatic carbocycles. The van der Waals surface area contributed by atoms with Crippen LogP contribution in [0.4, 0.5) is 8.78 Å². The first kappa shape index (κ1) is 15.1. The number of halogens is 2. The van der Waals surface area contributed by atoms with E-state index < -0.39 is 11.6 Å². The molecule has 18 heavy (non-hydrogen) atoms. The molecule has 0 amide bonds. The second-order valence-electron chi connectivity index (χ2n) is 5.94. The van der Waals surface area contributed by atoms with Gasteiger partial charge in [-0.1, -0.05) is 20.8 Å². The maximum absolute atomic E-state index is 13.1. The molecule has 2 nitrogen and oxygen atoms in total. The van der Waals surface area contributed by atoms with Crippen molar-refractivity contribution in [3.8, 4) is 0 Å². The van der Waals surface area contributed by atoms with Gasteiger partial charge in [-0.3, -0.25) is 11.3 Å². The second kappa shape index (κ2) is 6.25. The quantitative estimate of drug-likeness (QED) is 0.627. The van der Waals surface area contributed by atoms with Crippen molar-refractivity contribution in [3.05, 3.63) is 35.4 Å². The fourth-order valence-corrected chi connectivity index (χ4v) is 1.86. The third-order valence-corrected chi connectivity index (χ3v) is 2.88. The van der Waals surface area contributed by atoms with E-state index in [9.17, 15) is 8.78 Å². The van der Waals surface area contributed by atoms with Crippen molar-refractivity contribution in [2.75, 3.05) is 0 Å². The Morgan fingerprint density at radius 3 is 2.17 bits per heavy atom. The molecule has 0 aliphatic carbocycles. The van der Waals surface area contributed by atoms with Gasteiger partial charge in [-0.15, -0.1) is 0 Å². The number of hydrazine groups is 1. The molecule has 0 fully saturated rings. The van der Waals surface area contributed by atoms with Crippen LogP contribution in [0, 0.1) is 17.0 Å². The molecule has 0 radical (unpaired) electrons. The summed E-state index contributed by atoms with van der Waals surface area (Å²) in [7, 11) is 0. The van der Waals surface area contributed by atoms with Gasteiger partial charge in [-0.2, -0.15) is 0 Å². The molecule has 1 atom stereocenters. The Morgan fingerprint density at radius 2 is 1.72 bits per heavy atom. The summed E-state index contributed by atoms with van der Waals surface area (Å²) < 4.78 is 26.1. The van der Waals surface area contributed by atoms with E-state index in [1.807, 2.05) is 0 Å². The third kappa shape index (κ3) is 5.56. The molecule has 0 saturated heterocycles. The van der Waals surface area contributed by atoms with Crippen LogP contribution < -0.4 is 11.3 Å². The minimum atomic E-state index is -0.545. The molecule has 0 heterocycles. The van der Waals surface area contributed by atoms with E-state index in [2.05, 4.69) is 26.2 Å². The van der Waals surface area contributed by atoms with Crippen molar-refractivity contribution in [2.45, 2.75) is 46.1 Å². The van der Waals surface area contributed by atoms with Crippen LogP contribution in [0.25, 0.3) is 0 Å². The monoisotopic (exact) mass is 256 g/mol. The van der Waals surface area contributed by atoms with Crippen LogP contribution in [0.2, 0.25) is 0 Å². The van der Waals surface area contributed by atoms with Crippen LogP contribution in [0.15, 0.2) is 18.2 Å². The summed E-state index contributed by atoms with van der Waals surface area (Å²) in [4.78, 5) is 0. The van der Waals surface area contributed by atoms with Crippen LogP contribution in [0.3, 0.4) is 0 Å². The van der Waals surface area contributed by atoms with E-state index in [-0.39, 0.29) is 11.5 Å². The lowest BCUT2D eigenvalue weighted by Crippen LogP contribution is -2.37. The van der Waals surface area contributed by atoms with Crippen LogP contribution >= 0.6 is 0 Å². The molecule has 0 saturated carbocycles. The van der Waals surface area contributed by atoms with Gasteiger partial charge in [0.2, 0.25) is 0 Å². The van der Waals surface area contributed by atoms with Crippen molar-refractivity contribution in [2.24, 2.45) is 11.3 Å². The van der Waals surface area contributed by atoms with Crippen molar-refractivity contribution >= 4 is 0 Å². The lowest BCUT2D eigenvalue weighted by Gasteiger charge is -2.22. The average molecular weight is 256 g/mol. The molecular formula is C14H22F2N2. The van der Waals surface area contributed by atoms with Crippen molar-refractivity contribution in [1.82, 2.24) is 5.43 Å². The standard InChI is InChI=1S/C14H22F2N2/c1-14(2,3)5-4-13(18-17)8-10-6-11(15)9-12(16)7-10/h6-7,9,13,18H,4-5,8,17H2,1-3H3. The molecule has 1 aromatic rings. The van der Waals surface area contributed by atoms with Gasteiger partial charge in [0.1, 0.15) is 11.6 Å². The molecule has 4 heteroatoms. The first-order valence-electron chi connectivity index (χ1n) is 6.21. The number of nitrogens with one attached hydrogen (secondary N) is 1. The van der Waals surface area contributed by atoms with Crippen molar-refractivity contribution in [1.29, 1.82) is 0 Å². The molecular weight excluding hydrogens is 234 g/mol. The zero-order valence-corrected chi connectivity index (χ0v) is 11.3. The summed E-state index contributed by atoms with van der Waals surface area (Å²) in [5.74, 6) is 4.40. The minimum Gasteiger partial charge on any atom is -0.271 e. The number of nitrogens with two attached hydrogens (primary N) is 1. The van der Waals surface area contributed by atoms with Crippen LogP contribution in [-0.2, 0) is 6.42 Å². The Bertz CT molecular complexity index is 366. The molecule has 0 spiro atoms. The Morgan fingerprint density at radius 1 is 1.17 bits per heavy atom. The number of rotatable bonds is 5. The lowest BCUT2D eigenvalue weighted by atomic mass is 9.87. The van der Waals surface area contributed by atoms with Gasteiger partial charge in [0.15, 0.2) is 0 Å². The Balaban J connectivity index is 2.62. The zero-order chi connectivity index (χ0) is 13.8. The lowest BCUT2D eigenvalue weighted by molar-refractivity contribution is 0.329. The largest absolute Gasteiger partial charge is 0.271 e. The zero-order valence-electron chi connectivity index (χ0n) is 11.3. The normalized spacial score (nSPS) is 13.7. The molecule has 0 aromatic heterocycles. The smallest absolute Gasteiger partial charge is 0.126 e. The Hall–Kier alpha value is -1.00. The highest BCUT2D eigenvalue weighted by atomic mass is 19.1. The van der Waals surface area contributed by atoms with Gasteiger partial charge in [0.25, 0.3) is 0 Å². The van der Waals surface area contributed by atoms with Gasteiger partial charge in [0.05, 0.1) is 0 Å². The Kier molecular flexibility index (Phi) is 5.23. The first-order chi connectivity index (χ1) is 8.30. The van der Waals surface area contributed by atoms with Crippen LogP contribution in [0.5, 0.6) is 0 Å². The van der Waals surface area contributed by atoms with E-state index in [0.29, 0.717) is 12.0 Å². The van der Waals surface area contributed by atoms with Gasteiger partial charge in [-0.05, 0) is 42.4 Å². The predicted octanol–water partition coefficient (Wildman–Crippen LogP) is 3.17. The summed E-state index contributed by atoms with van der Waals surface area (Å²) in [5, 5.41) is 0. The molecule has 1 rings (SSSR count). The van der Waals surface area contributed by atoms with Crippen LogP contribution in [0.1, 0.15) is 39.2 Å². The summed E-state index contributed by atoms with van der Waals surface area (Å²) in [6.07, 6.45) is 2.40. The molecule has 1 unspecified atom stereocenters. The number of hydrogen-bond acceptors (Lipinski definition) is 2. The van der Waals surface area contributed by atoms with E-state index in [1.165, 1.54) is 12.1 Å². The SMILES string of the molecule is CC(C)(C)CCC(Cc1cc(F)cc(F)c1)NN. The molecule has 0 bridgehead atoms. The van der Waals surface area contributed by atoms with Gasteiger partial charge in [-0.25, -0.2) is 8.78 Å². The molecule has 102 valence electrons. The highest BCUT2D eigenvalue weighted by molar-refractivity contribution is 5.18. The fourth-order valence-electron chi connectivity index (χ4n) is 1.86. The van der Waals surface area contributed by atoms with Gasteiger partial charge < -0.3 is 0 Å². The van der Waals surface area contributed by atoms with E-state index in [4.69, 9.17) is 5.84 Å². The van der Waals surface area contributed by atoms with Gasteiger partial charge in [0, 0.05) is 12.1 Å². The third-order valence-electron chi connectivity index (χ3n) is 2.88. The first-order valence-corrected chi connectivity index (χ1v) is 6.21. The van der Waals surface area contributed by atoms with E-state index >= 15 is 0 Å². The highest BCUT2D eigenvalue weighted by Gasteiger charge is 2.15. The maximum Gasteiger partial charge on any atom is 0.126 e. The fraction of sp³-hybridized carbons (Fsp3) is 0.571. The highest BCUT2D eigenvalue weighted by Crippen LogP contribution is 2.22. The number of benzene rings is 1. The second-order valence-corrected chi connectivity index (χ2v) is 5.94. The topological polar surface area (TPSA) is 38.0 Å². The molecule has 0 aliphatic heterocycles. The maximum atomic E-state index is 13.1. The Labute approximate surface area is 108 Å². The van der Waals surface area contributed by atoms with E-state index in [0.717, 1.165) is 18.9 Å². The number of hydrogen-bond donors (Lipinski definition) is 2. The predicted molar refractivity (Wildman–Crippen MR) is 69.9 cm³/mol. The minimum absolute atomic E-state index is 0.0328. The van der Waals surface area contributed by atoms with Crippen molar-refractivity contribution < 1.29 is 8.78 Å². The summed E-state index contributed by atoms with van der Waals surface area (Å²) >= 11 is 0. The molecule has 0 aliphatic rings. The average Bonchev–Trinajstić information content (AvgIpc) is 2.21. The van der Waals surface area contributed by atoms with Crippen LogP contribution in [-0.4, -0.2) is 6.04 Å². The van der Waals surface area contributed by atoms with E-state index in [1.54, 1.807) is 0 Å². The summed E-state index contributed by atoms with van der Waals surface area (Å²) in [5.41, 5.74) is 3.57. The summed E-state index contributed by atoms with van der Waals surface area (Å²) in [6.45, 7) is 6.47. The summed E-state index contributed by atoms with van der Waals surface area (Å²) in [6, 6.07) is 3.61. The van der Waals surface area contributed by atoms with Crippen molar-refractivity contribution in [3.63, 3.8) is 0 Å². The molecule has 3 N–H and O–H groups in total. The van der Waals surface area contributed by atoms with Gasteiger partial charge >= 0.3 is 0 Å².